The third-order valence-corrected chi connectivity index (χ3v) is 2.24. The maximum absolute atomic E-state index is 11.9. The average molecular weight is 269 g/mol. The van der Waals surface area contributed by atoms with Crippen LogP contribution in [0.25, 0.3) is 0 Å². The van der Waals surface area contributed by atoms with Crippen LogP contribution in [0.5, 0.6) is 5.75 Å². The van der Waals surface area contributed by atoms with Gasteiger partial charge in [0.15, 0.2) is 0 Å². The van der Waals surface area contributed by atoms with Gasteiger partial charge in [-0.2, -0.15) is 21.4 Å². The molecule has 0 aliphatic heterocycles. The second-order valence-electron chi connectivity index (χ2n) is 2.29. The summed E-state index contributed by atoms with van der Waals surface area (Å²) in [6, 6.07) is 4.83. The van der Waals surface area contributed by atoms with Gasteiger partial charge in [-0.25, -0.2) is 0 Å². The Labute approximate surface area is 88.6 Å². The van der Waals surface area contributed by atoms with Crippen molar-refractivity contribution in [1.82, 2.24) is 0 Å². The van der Waals surface area contributed by atoms with Crippen molar-refractivity contribution in [2.75, 3.05) is 0 Å². The molecule has 0 saturated carbocycles. The largest absolute Gasteiger partial charge is 0.435 e. The highest BCUT2D eigenvalue weighted by molar-refractivity contribution is 9.10. The van der Waals surface area contributed by atoms with Crippen LogP contribution in [-0.2, 0) is 5.75 Å². The summed E-state index contributed by atoms with van der Waals surface area (Å²) in [7, 11) is 0. The van der Waals surface area contributed by atoms with Crippen molar-refractivity contribution in [3.8, 4) is 5.75 Å². The number of benzene rings is 1. The molecule has 0 amide bonds. The molecule has 0 bridgehead atoms. The molecule has 0 N–H and O–H groups in total. The first-order valence-corrected chi connectivity index (χ1v) is 4.90. The zero-order chi connectivity index (χ0) is 9.84. The molecule has 1 aromatic carbocycles. The number of ether oxygens (including phenoxy) is 1. The number of thiol groups is 1. The van der Waals surface area contributed by atoms with Crippen molar-refractivity contribution >= 4 is 28.6 Å². The molecule has 0 aliphatic carbocycles. The van der Waals surface area contributed by atoms with Gasteiger partial charge in [0.25, 0.3) is 0 Å². The maximum atomic E-state index is 11.9. The van der Waals surface area contributed by atoms with Gasteiger partial charge in [-0.3, -0.25) is 0 Å². The molecule has 0 aromatic heterocycles. The van der Waals surface area contributed by atoms with Crippen LogP contribution in [0.4, 0.5) is 8.78 Å². The summed E-state index contributed by atoms with van der Waals surface area (Å²) < 4.78 is 28.9. The molecule has 1 nitrogen and oxygen atoms in total. The molecule has 0 atom stereocenters. The van der Waals surface area contributed by atoms with E-state index in [2.05, 4.69) is 33.3 Å². The monoisotopic (exact) mass is 268 g/mol. The van der Waals surface area contributed by atoms with Crippen LogP contribution in [0.1, 0.15) is 5.56 Å². The Morgan fingerprint density at radius 2 is 2.15 bits per heavy atom. The van der Waals surface area contributed by atoms with Crippen LogP contribution in [-0.4, -0.2) is 6.61 Å². The molecule has 0 aliphatic rings. The molecule has 0 spiro atoms. The number of rotatable bonds is 3. The maximum Gasteiger partial charge on any atom is 0.387 e. The first kappa shape index (κ1) is 10.8. The summed E-state index contributed by atoms with van der Waals surface area (Å²) in [6.07, 6.45) is 0. The summed E-state index contributed by atoms with van der Waals surface area (Å²) >= 11 is 7.23. The summed E-state index contributed by atoms with van der Waals surface area (Å²) in [6.45, 7) is -2.79. The molecule has 0 heterocycles. The van der Waals surface area contributed by atoms with Gasteiger partial charge in [-0.15, -0.1) is 0 Å². The first-order chi connectivity index (χ1) is 6.13. The minimum atomic E-state index is -2.79. The van der Waals surface area contributed by atoms with E-state index >= 15 is 0 Å². The standard InChI is InChI=1S/C8H7BrF2OS/c9-6-1-2-7(12-8(10)11)5(3-6)4-13/h1-3,8,13H,4H2. The van der Waals surface area contributed by atoms with Gasteiger partial charge in [-0.05, 0) is 18.2 Å². The molecule has 0 radical (unpaired) electrons. The molecular formula is C8H7BrF2OS. The van der Waals surface area contributed by atoms with Gasteiger partial charge in [0, 0.05) is 15.8 Å². The molecule has 1 aromatic rings. The fraction of sp³-hybridized carbons (Fsp3) is 0.250. The average Bonchev–Trinajstić information content (AvgIpc) is 2.07. The lowest BCUT2D eigenvalue weighted by Crippen LogP contribution is -2.03. The summed E-state index contributed by atoms with van der Waals surface area (Å²) in [5.41, 5.74) is 0.637. The van der Waals surface area contributed by atoms with E-state index in [9.17, 15) is 8.78 Å². The van der Waals surface area contributed by atoms with Gasteiger partial charge >= 0.3 is 6.61 Å². The van der Waals surface area contributed by atoms with E-state index in [4.69, 9.17) is 0 Å². The Morgan fingerprint density at radius 1 is 1.46 bits per heavy atom. The lowest BCUT2D eigenvalue weighted by molar-refractivity contribution is -0.0503. The van der Waals surface area contributed by atoms with Crippen LogP contribution >= 0.6 is 28.6 Å². The van der Waals surface area contributed by atoms with Gasteiger partial charge in [-0.1, -0.05) is 15.9 Å². The fourth-order valence-corrected chi connectivity index (χ4v) is 1.54. The highest BCUT2D eigenvalue weighted by atomic mass is 79.9. The van der Waals surface area contributed by atoms with E-state index in [0.717, 1.165) is 4.47 Å². The minimum absolute atomic E-state index is 0.174. The van der Waals surface area contributed by atoms with E-state index in [1.165, 1.54) is 6.07 Å². The van der Waals surface area contributed by atoms with Crippen molar-refractivity contribution in [2.24, 2.45) is 0 Å². The van der Waals surface area contributed by atoms with Crippen molar-refractivity contribution in [1.29, 1.82) is 0 Å². The number of hydrogen-bond donors (Lipinski definition) is 1. The fourth-order valence-electron chi connectivity index (χ4n) is 0.883. The van der Waals surface area contributed by atoms with Crippen LogP contribution in [0.2, 0.25) is 0 Å². The number of alkyl halides is 2. The van der Waals surface area contributed by atoms with Crippen LogP contribution in [0.15, 0.2) is 22.7 Å². The van der Waals surface area contributed by atoms with Crippen molar-refractivity contribution in [3.63, 3.8) is 0 Å². The molecule has 0 unspecified atom stereocenters. The SMILES string of the molecule is FC(F)Oc1ccc(Br)cc1CS. The van der Waals surface area contributed by atoms with Gasteiger partial charge in [0.05, 0.1) is 0 Å². The normalized spacial score (nSPS) is 10.5. The lowest BCUT2D eigenvalue weighted by atomic mass is 10.2. The highest BCUT2D eigenvalue weighted by Gasteiger charge is 2.08. The predicted molar refractivity (Wildman–Crippen MR) is 53.5 cm³/mol. The molecule has 0 saturated heterocycles. The van der Waals surface area contributed by atoms with E-state index in [0.29, 0.717) is 11.3 Å². The lowest BCUT2D eigenvalue weighted by Gasteiger charge is -2.08. The number of halogens is 3. The molecule has 72 valence electrons. The third kappa shape index (κ3) is 3.15. The van der Waals surface area contributed by atoms with Gasteiger partial charge in [0.1, 0.15) is 5.75 Å². The quantitative estimate of drug-likeness (QED) is 0.826. The second-order valence-corrected chi connectivity index (χ2v) is 3.52. The molecular weight excluding hydrogens is 262 g/mol. The van der Waals surface area contributed by atoms with Crippen molar-refractivity contribution in [2.45, 2.75) is 12.4 Å². The molecule has 5 heteroatoms. The smallest absolute Gasteiger partial charge is 0.387 e. The number of hydrogen-bond acceptors (Lipinski definition) is 2. The summed E-state index contributed by atoms with van der Waals surface area (Å²) in [5.74, 6) is 0.537. The molecule has 0 fully saturated rings. The van der Waals surface area contributed by atoms with Gasteiger partial charge < -0.3 is 4.74 Å². The van der Waals surface area contributed by atoms with Crippen molar-refractivity contribution < 1.29 is 13.5 Å². The Balaban J connectivity index is 2.92. The third-order valence-electron chi connectivity index (χ3n) is 1.41. The van der Waals surface area contributed by atoms with Crippen LogP contribution in [0.3, 0.4) is 0 Å². The Hall–Kier alpha value is -0.290. The topological polar surface area (TPSA) is 9.23 Å². The summed E-state index contributed by atoms with van der Waals surface area (Å²) in [5, 5.41) is 0. The zero-order valence-electron chi connectivity index (χ0n) is 6.51. The summed E-state index contributed by atoms with van der Waals surface area (Å²) in [4.78, 5) is 0. The molecule has 1 rings (SSSR count). The van der Waals surface area contributed by atoms with Crippen LogP contribution in [0, 0.1) is 0 Å². The minimum Gasteiger partial charge on any atom is -0.435 e. The Morgan fingerprint density at radius 3 is 2.69 bits per heavy atom. The second kappa shape index (κ2) is 4.81. The van der Waals surface area contributed by atoms with E-state index in [1.54, 1.807) is 12.1 Å². The first-order valence-electron chi connectivity index (χ1n) is 3.47. The van der Waals surface area contributed by atoms with E-state index in [-0.39, 0.29) is 5.75 Å². The Kier molecular flexibility index (Phi) is 3.99. The van der Waals surface area contributed by atoms with E-state index in [1.807, 2.05) is 0 Å². The molecule has 13 heavy (non-hydrogen) atoms. The van der Waals surface area contributed by atoms with Crippen molar-refractivity contribution in [3.05, 3.63) is 28.2 Å². The predicted octanol–water partition coefficient (Wildman–Crippen LogP) is 3.48. The van der Waals surface area contributed by atoms with Crippen LogP contribution < -0.4 is 4.74 Å². The highest BCUT2D eigenvalue weighted by Crippen LogP contribution is 2.25. The Bertz CT molecular complexity index is 293. The van der Waals surface area contributed by atoms with E-state index < -0.39 is 6.61 Å². The van der Waals surface area contributed by atoms with Gasteiger partial charge in [0.2, 0.25) is 0 Å². The zero-order valence-corrected chi connectivity index (χ0v) is 8.99.